The molecule has 29 heavy (non-hydrogen) atoms. The fraction of sp³-hybridized carbons (Fsp3) is 0.455. The molecular weight excluding hydrogens is 411 g/mol. The summed E-state index contributed by atoms with van der Waals surface area (Å²) < 4.78 is 40.1. The van der Waals surface area contributed by atoms with E-state index in [0.29, 0.717) is 17.0 Å². The Morgan fingerprint density at radius 2 is 2.03 bits per heavy atom. The molecule has 0 aliphatic heterocycles. The fourth-order valence-corrected chi connectivity index (χ4v) is 5.80. The zero-order valence-corrected chi connectivity index (χ0v) is 18.0. The summed E-state index contributed by atoms with van der Waals surface area (Å²) >= 11 is 6.16. The van der Waals surface area contributed by atoms with Crippen molar-refractivity contribution in [2.24, 2.45) is 0 Å². The Morgan fingerprint density at radius 3 is 2.66 bits per heavy atom. The predicted octanol–water partition coefficient (Wildman–Crippen LogP) is 3.53. The minimum Gasteiger partial charge on any atom is -0.316 e. The molecule has 0 amide bonds. The molecule has 0 saturated heterocycles. The smallest absolute Gasteiger partial charge is 0.201 e. The summed E-state index contributed by atoms with van der Waals surface area (Å²) in [4.78, 5) is 0. The van der Waals surface area contributed by atoms with E-state index in [1.807, 2.05) is 31.3 Å². The van der Waals surface area contributed by atoms with Gasteiger partial charge < -0.3 is 5.32 Å². The van der Waals surface area contributed by atoms with Crippen LogP contribution in [0.1, 0.15) is 47.4 Å². The Morgan fingerprint density at radius 1 is 1.24 bits per heavy atom. The first kappa shape index (κ1) is 20.8. The van der Waals surface area contributed by atoms with Crippen molar-refractivity contribution in [3.63, 3.8) is 0 Å². The van der Waals surface area contributed by atoms with E-state index in [1.165, 1.54) is 0 Å². The Kier molecular flexibility index (Phi) is 5.98. The number of hydrogen-bond donors (Lipinski definition) is 3. The quantitative estimate of drug-likeness (QED) is 0.582. The van der Waals surface area contributed by atoms with Crippen LogP contribution >= 0.6 is 11.6 Å². The third-order valence-corrected chi connectivity index (χ3v) is 7.41. The highest BCUT2D eigenvalue weighted by Gasteiger charge is 2.39. The Hall–Kier alpha value is -1.47. The molecule has 7 heteroatoms. The molecule has 2 aliphatic rings. The third kappa shape index (κ3) is 4.36. The van der Waals surface area contributed by atoms with Gasteiger partial charge >= 0.3 is 0 Å². The van der Waals surface area contributed by atoms with E-state index in [-0.39, 0.29) is 17.8 Å². The number of thiol groups is 1. The molecule has 0 radical (unpaired) electrons. The van der Waals surface area contributed by atoms with Crippen molar-refractivity contribution in [3.05, 3.63) is 69.5 Å². The number of likely N-dealkylation sites (N-methyl/N-ethyl adjacent to an activating group) is 1. The summed E-state index contributed by atoms with van der Waals surface area (Å²) in [7, 11) is -0.763. The van der Waals surface area contributed by atoms with Gasteiger partial charge in [-0.1, -0.05) is 29.8 Å². The highest BCUT2D eigenvalue weighted by Crippen LogP contribution is 2.40. The molecular formula is C22H26ClFN2O2S. The van der Waals surface area contributed by atoms with Gasteiger partial charge in [-0.25, -0.2) is 17.5 Å². The van der Waals surface area contributed by atoms with Crippen LogP contribution in [0.5, 0.6) is 0 Å². The Bertz CT molecular complexity index is 983. The average Bonchev–Trinajstić information content (AvgIpc) is 2.96. The summed E-state index contributed by atoms with van der Waals surface area (Å²) in [6.07, 6.45) is 4.45. The SMILES string of the molecule is CNC1Cc2cc(F)c(CC3(N[SH](=O)=O)CCC3)cc2C1Cc1cccc(Cl)c1. The number of rotatable bonds is 7. The summed E-state index contributed by atoms with van der Waals surface area (Å²) in [5.41, 5.74) is 3.40. The van der Waals surface area contributed by atoms with Crippen LogP contribution in [0.25, 0.3) is 0 Å². The number of hydrogen-bond acceptors (Lipinski definition) is 3. The Balaban J connectivity index is 1.65. The van der Waals surface area contributed by atoms with Gasteiger partial charge in [0.25, 0.3) is 0 Å². The van der Waals surface area contributed by atoms with Crippen molar-refractivity contribution < 1.29 is 12.8 Å². The van der Waals surface area contributed by atoms with Crippen LogP contribution in [0.4, 0.5) is 4.39 Å². The summed E-state index contributed by atoms with van der Waals surface area (Å²) in [6.45, 7) is 0. The van der Waals surface area contributed by atoms with E-state index in [2.05, 4.69) is 16.1 Å². The largest absolute Gasteiger partial charge is 0.316 e. The Labute approximate surface area is 177 Å². The first-order valence-corrected chi connectivity index (χ1v) is 11.6. The minimum absolute atomic E-state index is 0.217. The molecule has 2 atom stereocenters. The van der Waals surface area contributed by atoms with E-state index >= 15 is 0 Å². The highest BCUT2D eigenvalue weighted by molar-refractivity contribution is 7.70. The third-order valence-electron chi connectivity index (χ3n) is 6.52. The van der Waals surface area contributed by atoms with Gasteiger partial charge in [0, 0.05) is 22.5 Å². The second-order valence-corrected chi connectivity index (χ2v) is 9.54. The maximum atomic E-state index is 14.9. The summed E-state index contributed by atoms with van der Waals surface area (Å²) in [5.74, 6) is -0.0227. The lowest BCUT2D eigenvalue weighted by molar-refractivity contribution is 0.220. The molecule has 0 bridgehead atoms. The minimum atomic E-state index is -2.70. The molecule has 0 aromatic heterocycles. The first-order valence-electron chi connectivity index (χ1n) is 10.0. The summed E-state index contributed by atoms with van der Waals surface area (Å²) in [5, 5.41) is 4.10. The summed E-state index contributed by atoms with van der Waals surface area (Å²) in [6, 6.07) is 11.7. The highest BCUT2D eigenvalue weighted by atomic mass is 35.5. The van der Waals surface area contributed by atoms with Crippen molar-refractivity contribution >= 4 is 22.5 Å². The van der Waals surface area contributed by atoms with Gasteiger partial charge in [-0.3, -0.25) is 0 Å². The molecule has 0 spiro atoms. The number of halogens is 2. The maximum Gasteiger partial charge on any atom is 0.201 e. The van der Waals surface area contributed by atoms with E-state index in [4.69, 9.17) is 11.6 Å². The lowest BCUT2D eigenvalue weighted by Gasteiger charge is -2.41. The molecule has 0 heterocycles. The van der Waals surface area contributed by atoms with Crippen LogP contribution in [-0.2, 0) is 30.2 Å². The predicted molar refractivity (Wildman–Crippen MR) is 115 cm³/mol. The van der Waals surface area contributed by atoms with E-state index in [9.17, 15) is 12.8 Å². The van der Waals surface area contributed by atoms with Crippen LogP contribution in [-0.4, -0.2) is 27.0 Å². The van der Waals surface area contributed by atoms with Gasteiger partial charge in [-0.2, -0.15) is 0 Å². The molecule has 1 fully saturated rings. The number of fused-ring (bicyclic) bond motifs is 1. The van der Waals surface area contributed by atoms with Crippen LogP contribution in [0, 0.1) is 5.82 Å². The molecule has 2 N–H and O–H groups in total. The van der Waals surface area contributed by atoms with E-state index < -0.39 is 16.4 Å². The van der Waals surface area contributed by atoms with Crippen molar-refractivity contribution in [1.29, 1.82) is 0 Å². The lowest BCUT2D eigenvalue weighted by Crippen LogP contribution is -2.52. The molecule has 1 saturated carbocycles. The van der Waals surface area contributed by atoms with Crippen molar-refractivity contribution in [2.45, 2.75) is 56.0 Å². The van der Waals surface area contributed by atoms with Gasteiger partial charge in [-0.05, 0) is 86.0 Å². The normalized spacial score (nSPS) is 22.5. The molecule has 4 nitrogen and oxygen atoms in total. The zero-order chi connectivity index (χ0) is 20.6. The molecule has 2 aliphatic carbocycles. The van der Waals surface area contributed by atoms with E-state index in [0.717, 1.165) is 48.8 Å². The average molecular weight is 437 g/mol. The van der Waals surface area contributed by atoms with Gasteiger partial charge in [0.1, 0.15) is 5.82 Å². The number of benzene rings is 2. The molecule has 2 aromatic carbocycles. The fourth-order valence-electron chi connectivity index (χ4n) is 4.89. The van der Waals surface area contributed by atoms with Crippen molar-refractivity contribution in [3.8, 4) is 0 Å². The maximum absolute atomic E-state index is 14.9. The van der Waals surface area contributed by atoms with Gasteiger partial charge in [-0.15, -0.1) is 0 Å². The van der Waals surface area contributed by atoms with Gasteiger partial charge in [0.2, 0.25) is 10.9 Å². The van der Waals surface area contributed by atoms with E-state index in [1.54, 1.807) is 6.07 Å². The molecule has 2 unspecified atom stereocenters. The van der Waals surface area contributed by atoms with Crippen LogP contribution < -0.4 is 10.0 Å². The zero-order valence-electron chi connectivity index (χ0n) is 16.4. The van der Waals surface area contributed by atoms with Gasteiger partial charge in [0.15, 0.2) is 0 Å². The second-order valence-electron chi connectivity index (χ2n) is 8.36. The van der Waals surface area contributed by atoms with Crippen molar-refractivity contribution in [2.75, 3.05) is 7.05 Å². The van der Waals surface area contributed by atoms with Gasteiger partial charge in [0.05, 0.1) is 0 Å². The lowest BCUT2D eigenvalue weighted by atomic mass is 9.73. The molecule has 156 valence electrons. The second kappa shape index (κ2) is 8.34. The van der Waals surface area contributed by atoms with Crippen LogP contribution in [0.15, 0.2) is 36.4 Å². The monoisotopic (exact) mass is 436 g/mol. The van der Waals surface area contributed by atoms with Crippen molar-refractivity contribution in [1.82, 2.24) is 10.0 Å². The van der Waals surface area contributed by atoms with Crippen LogP contribution in [0.2, 0.25) is 5.02 Å². The molecule has 2 aromatic rings. The topological polar surface area (TPSA) is 58.2 Å². The standard InChI is InChI=1S/C22H26ClFN2O2S/c1-25-21-12-15-11-20(24)16(13-22(6-3-7-22)26-29(27)28)10-18(15)19(21)9-14-4-2-5-17(23)8-14/h2,4-5,8,10-11,19,21,25,29H,3,6-7,9,12-13H2,1H3,(H,26,27,28). The first-order chi connectivity index (χ1) is 13.9. The molecule has 4 rings (SSSR count). The van der Waals surface area contributed by atoms with Crippen LogP contribution in [0.3, 0.4) is 0 Å². The number of nitrogens with one attached hydrogen (secondary N) is 2.